The Kier molecular flexibility index (Phi) is 6.84. The first-order valence-electron chi connectivity index (χ1n) is 8.75. The smallest absolute Gasteiger partial charge is 0.416 e. The number of alkyl halides is 3. The number of halogens is 3. The van der Waals surface area contributed by atoms with Gasteiger partial charge in [-0.1, -0.05) is 18.2 Å². The number of ketones is 1. The zero-order valence-electron chi connectivity index (χ0n) is 16.1. The molecule has 0 atom stereocenters. The summed E-state index contributed by atoms with van der Waals surface area (Å²) in [5.41, 5.74) is 0.416. The molecule has 0 aliphatic rings. The van der Waals surface area contributed by atoms with Crippen LogP contribution in [0.5, 0.6) is 0 Å². The molecule has 0 radical (unpaired) electrons. The SMILES string of the molecule is CCOC(=O)c1c(C)[nH]c(C(=O)COC(=O)Cc2cccc(C(F)(F)F)c2)c1C. The molecular formula is C20H20F3NO5. The molecule has 2 rings (SSSR count). The van der Waals surface area contributed by atoms with Gasteiger partial charge in [-0.25, -0.2) is 4.79 Å². The number of aryl methyl sites for hydroxylation is 1. The number of nitrogens with one attached hydrogen (secondary N) is 1. The highest BCUT2D eigenvalue weighted by Crippen LogP contribution is 2.29. The van der Waals surface area contributed by atoms with Crippen LogP contribution < -0.4 is 0 Å². The van der Waals surface area contributed by atoms with Crippen molar-refractivity contribution in [2.24, 2.45) is 0 Å². The van der Waals surface area contributed by atoms with Crippen molar-refractivity contribution >= 4 is 17.7 Å². The van der Waals surface area contributed by atoms with Gasteiger partial charge in [0.2, 0.25) is 5.78 Å². The Hall–Kier alpha value is -3.10. The van der Waals surface area contributed by atoms with E-state index >= 15 is 0 Å². The van der Waals surface area contributed by atoms with Crippen LogP contribution in [-0.2, 0) is 26.9 Å². The van der Waals surface area contributed by atoms with E-state index in [1.165, 1.54) is 12.1 Å². The van der Waals surface area contributed by atoms with Crippen molar-refractivity contribution in [3.05, 3.63) is 57.9 Å². The van der Waals surface area contributed by atoms with Crippen LogP contribution in [0.15, 0.2) is 24.3 Å². The first-order valence-corrected chi connectivity index (χ1v) is 8.75. The molecule has 0 unspecified atom stereocenters. The standard InChI is InChI=1S/C20H20F3NO5/c1-4-28-19(27)17-11(2)18(24-12(17)3)15(25)10-29-16(26)9-13-6-5-7-14(8-13)20(21,22)23/h5-8,24H,4,9-10H2,1-3H3. The molecule has 0 amide bonds. The molecule has 0 saturated heterocycles. The number of aromatic amines is 1. The molecule has 1 heterocycles. The number of aromatic nitrogens is 1. The van der Waals surface area contributed by atoms with E-state index in [2.05, 4.69) is 4.98 Å². The molecule has 29 heavy (non-hydrogen) atoms. The number of benzene rings is 1. The summed E-state index contributed by atoms with van der Waals surface area (Å²) in [6.07, 6.45) is -4.93. The number of ether oxygens (including phenoxy) is 2. The van der Waals surface area contributed by atoms with E-state index in [4.69, 9.17) is 9.47 Å². The Morgan fingerprint density at radius 2 is 1.79 bits per heavy atom. The Morgan fingerprint density at radius 3 is 2.41 bits per heavy atom. The van der Waals surface area contributed by atoms with Crippen molar-refractivity contribution < 1.29 is 37.0 Å². The minimum atomic E-state index is -4.52. The van der Waals surface area contributed by atoms with Gasteiger partial charge in [0.1, 0.15) is 0 Å². The fraction of sp³-hybridized carbons (Fsp3) is 0.350. The van der Waals surface area contributed by atoms with Crippen LogP contribution in [0.1, 0.15) is 50.2 Å². The van der Waals surface area contributed by atoms with Crippen molar-refractivity contribution in [3.8, 4) is 0 Å². The largest absolute Gasteiger partial charge is 0.462 e. The lowest BCUT2D eigenvalue weighted by molar-refractivity contribution is -0.142. The lowest BCUT2D eigenvalue weighted by Crippen LogP contribution is -2.17. The summed E-state index contributed by atoms with van der Waals surface area (Å²) in [5.74, 6) is -1.98. The van der Waals surface area contributed by atoms with E-state index in [0.717, 1.165) is 12.1 Å². The van der Waals surface area contributed by atoms with E-state index in [0.29, 0.717) is 11.3 Å². The number of esters is 2. The van der Waals surface area contributed by atoms with Crippen LogP contribution in [0.25, 0.3) is 0 Å². The maximum absolute atomic E-state index is 12.7. The molecule has 0 fully saturated rings. The van der Waals surface area contributed by atoms with E-state index < -0.39 is 42.5 Å². The van der Waals surface area contributed by atoms with Crippen LogP contribution in [0, 0.1) is 13.8 Å². The second kappa shape index (κ2) is 8.93. The Morgan fingerprint density at radius 1 is 1.10 bits per heavy atom. The topological polar surface area (TPSA) is 85.5 Å². The lowest BCUT2D eigenvalue weighted by atomic mass is 10.1. The number of carbonyl (C=O) groups excluding carboxylic acids is 3. The Bertz CT molecular complexity index is 931. The summed E-state index contributed by atoms with van der Waals surface area (Å²) < 4.78 is 48.0. The Labute approximate surface area is 165 Å². The molecule has 0 bridgehead atoms. The zero-order valence-corrected chi connectivity index (χ0v) is 16.1. The molecule has 2 aromatic rings. The average molecular weight is 411 g/mol. The maximum Gasteiger partial charge on any atom is 0.416 e. The predicted octanol–water partition coefficient (Wildman–Crippen LogP) is 3.80. The van der Waals surface area contributed by atoms with Crippen molar-refractivity contribution in [2.45, 2.75) is 33.4 Å². The number of rotatable bonds is 7. The number of H-pyrrole nitrogens is 1. The van der Waals surface area contributed by atoms with Crippen molar-refractivity contribution in [3.63, 3.8) is 0 Å². The van der Waals surface area contributed by atoms with Gasteiger partial charge in [-0.05, 0) is 38.0 Å². The van der Waals surface area contributed by atoms with Gasteiger partial charge in [-0.3, -0.25) is 9.59 Å². The number of hydrogen-bond acceptors (Lipinski definition) is 5. The van der Waals surface area contributed by atoms with Crippen LogP contribution in [0.2, 0.25) is 0 Å². The monoisotopic (exact) mass is 411 g/mol. The maximum atomic E-state index is 12.7. The number of hydrogen-bond donors (Lipinski definition) is 1. The van der Waals surface area contributed by atoms with Gasteiger partial charge in [0.15, 0.2) is 6.61 Å². The summed E-state index contributed by atoms with van der Waals surface area (Å²) in [5, 5.41) is 0. The molecule has 6 nitrogen and oxygen atoms in total. The van der Waals surface area contributed by atoms with Crippen molar-refractivity contribution in [1.29, 1.82) is 0 Å². The average Bonchev–Trinajstić information content (AvgIpc) is 2.94. The third-order valence-electron chi connectivity index (χ3n) is 4.16. The molecule has 0 aliphatic heterocycles. The molecule has 0 saturated carbocycles. The van der Waals surface area contributed by atoms with Gasteiger partial charge in [0.05, 0.1) is 29.8 Å². The highest BCUT2D eigenvalue weighted by Gasteiger charge is 2.30. The summed E-state index contributed by atoms with van der Waals surface area (Å²) in [7, 11) is 0. The first kappa shape index (κ1) is 22.2. The summed E-state index contributed by atoms with van der Waals surface area (Å²) in [6.45, 7) is 4.40. The third kappa shape index (κ3) is 5.46. The molecule has 9 heteroatoms. The molecule has 0 aliphatic carbocycles. The summed E-state index contributed by atoms with van der Waals surface area (Å²) >= 11 is 0. The molecule has 1 aromatic carbocycles. The fourth-order valence-corrected chi connectivity index (χ4v) is 2.83. The van der Waals surface area contributed by atoms with Gasteiger partial charge in [-0.15, -0.1) is 0 Å². The number of carbonyl (C=O) groups is 3. The second-order valence-corrected chi connectivity index (χ2v) is 6.30. The highest BCUT2D eigenvalue weighted by atomic mass is 19.4. The van der Waals surface area contributed by atoms with Crippen molar-refractivity contribution in [1.82, 2.24) is 4.98 Å². The minimum Gasteiger partial charge on any atom is -0.462 e. The Balaban J connectivity index is 2.02. The quantitative estimate of drug-likeness (QED) is 0.553. The lowest BCUT2D eigenvalue weighted by Gasteiger charge is -2.09. The zero-order chi connectivity index (χ0) is 21.8. The molecule has 156 valence electrons. The molecule has 1 N–H and O–H groups in total. The summed E-state index contributed by atoms with van der Waals surface area (Å²) in [6, 6.07) is 4.31. The van der Waals surface area contributed by atoms with Gasteiger partial charge in [-0.2, -0.15) is 13.2 Å². The van der Waals surface area contributed by atoms with Crippen LogP contribution in [-0.4, -0.2) is 35.9 Å². The normalized spacial score (nSPS) is 11.2. The van der Waals surface area contributed by atoms with E-state index in [9.17, 15) is 27.6 Å². The third-order valence-corrected chi connectivity index (χ3v) is 4.16. The molecule has 0 spiro atoms. The van der Waals surface area contributed by atoms with E-state index in [-0.39, 0.29) is 23.4 Å². The second-order valence-electron chi connectivity index (χ2n) is 6.30. The van der Waals surface area contributed by atoms with Gasteiger partial charge < -0.3 is 14.5 Å². The van der Waals surface area contributed by atoms with Gasteiger partial charge in [0, 0.05) is 5.69 Å². The predicted molar refractivity (Wildman–Crippen MR) is 96.7 cm³/mol. The van der Waals surface area contributed by atoms with Gasteiger partial charge >= 0.3 is 18.1 Å². The van der Waals surface area contributed by atoms with Crippen LogP contribution in [0.3, 0.4) is 0 Å². The van der Waals surface area contributed by atoms with Crippen LogP contribution in [0.4, 0.5) is 13.2 Å². The highest BCUT2D eigenvalue weighted by molar-refractivity contribution is 6.02. The van der Waals surface area contributed by atoms with E-state index in [1.807, 2.05) is 0 Å². The van der Waals surface area contributed by atoms with Crippen molar-refractivity contribution in [2.75, 3.05) is 13.2 Å². The fourth-order valence-electron chi connectivity index (χ4n) is 2.83. The van der Waals surface area contributed by atoms with Gasteiger partial charge in [0.25, 0.3) is 0 Å². The summed E-state index contributed by atoms with van der Waals surface area (Å²) in [4.78, 5) is 39.0. The molecule has 1 aromatic heterocycles. The van der Waals surface area contributed by atoms with E-state index in [1.54, 1.807) is 20.8 Å². The van der Waals surface area contributed by atoms with Crippen LogP contribution >= 0.6 is 0 Å². The molecular weight excluding hydrogens is 391 g/mol. The minimum absolute atomic E-state index is 0.109. The number of Topliss-reactive ketones (excluding diaryl/α,β-unsaturated/α-hetero) is 1. The first-order chi connectivity index (χ1) is 13.5.